The van der Waals surface area contributed by atoms with Gasteiger partial charge < -0.3 is 15.2 Å². The average Bonchev–Trinajstić information content (AvgIpc) is 2.93. The van der Waals surface area contributed by atoms with Crippen molar-refractivity contribution in [3.8, 4) is 0 Å². The van der Waals surface area contributed by atoms with E-state index in [1.54, 1.807) is 18.3 Å². The van der Waals surface area contributed by atoms with E-state index in [0.29, 0.717) is 24.2 Å². The number of Topliss-reactive ketones (excluding diaryl/α,β-unsaturated/α-hetero) is 1. The van der Waals surface area contributed by atoms with Crippen LogP contribution >= 0.6 is 27.3 Å². The van der Waals surface area contributed by atoms with Gasteiger partial charge in [-0.05, 0) is 40.8 Å². The van der Waals surface area contributed by atoms with Crippen LogP contribution < -0.4 is 5.73 Å². The first kappa shape index (κ1) is 20.1. The molecule has 0 fully saturated rings. The van der Waals surface area contributed by atoms with Gasteiger partial charge in [0.25, 0.3) is 0 Å². The van der Waals surface area contributed by atoms with Gasteiger partial charge in [-0.15, -0.1) is 11.3 Å². The summed E-state index contributed by atoms with van der Waals surface area (Å²) in [6, 6.07) is 1.98. The molecule has 1 aliphatic carbocycles. The zero-order chi connectivity index (χ0) is 19.9. The summed E-state index contributed by atoms with van der Waals surface area (Å²) in [6.07, 6.45) is 1.87. The van der Waals surface area contributed by atoms with E-state index >= 15 is 0 Å². The summed E-state index contributed by atoms with van der Waals surface area (Å²) in [6.45, 7) is 8.10. The van der Waals surface area contributed by atoms with Crippen molar-refractivity contribution in [3.63, 3.8) is 0 Å². The van der Waals surface area contributed by atoms with E-state index in [4.69, 9.17) is 15.2 Å². The maximum atomic E-state index is 13.1. The molecule has 0 saturated carbocycles. The zero-order valence-electron chi connectivity index (χ0n) is 16.0. The molecule has 2 aliphatic rings. The Bertz CT molecular complexity index is 865. The second-order valence-corrected chi connectivity index (χ2v) is 9.61. The van der Waals surface area contributed by atoms with Crippen molar-refractivity contribution in [1.82, 2.24) is 0 Å². The predicted octanol–water partition coefficient (Wildman–Crippen LogP) is 4.56. The Morgan fingerprint density at radius 3 is 2.70 bits per heavy atom. The van der Waals surface area contributed by atoms with Crippen molar-refractivity contribution < 1.29 is 19.1 Å². The van der Waals surface area contributed by atoms with Gasteiger partial charge in [0.05, 0.1) is 12.5 Å². The van der Waals surface area contributed by atoms with Crippen LogP contribution in [0.15, 0.2) is 33.3 Å². The standard InChI is InChI=1S/C20H24BrNO4S/c1-5-13-10(21)7-14(27-13)16-15-11(23)8-20(3,4)9-12(15)26-18(22)17(16)19(24)25-6-2/h7,16H,5-6,8-9,22H2,1-4H3/t16-/m0/s1. The number of nitrogens with two attached hydrogens (primary N) is 1. The summed E-state index contributed by atoms with van der Waals surface area (Å²) in [5, 5.41) is 0. The van der Waals surface area contributed by atoms with Crippen molar-refractivity contribution in [2.45, 2.75) is 52.9 Å². The van der Waals surface area contributed by atoms with Gasteiger partial charge >= 0.3 is 5.97 Å². The van der Waals surface area contributed by atoms with Crippen LogP contribution in [0.5, 0.6) is 0 Å². The summed E-state index contributed by atoms with van der Waals surface area (Å²) in [4.78, 5) is 27.8. The van der Waals surface area contributed by atoms with Crippen LogP contribution in [0.3, 0.4) is 0 Å². The molecular weight excluding hydrogens is 430 g/mol. The molecule has 5 nitrogen and oxygen atoms in total. The van der Waals surface area contributed by atoms with Gasteiger partial charge in [0.15, 0.2) is 5.78 Å². The molecule has 7 heteroatoms. The number of esters is 1. The van der Waals surface area contributed by atoms with Crippen molar-refractivity contribution in [1.29, 1.82) is 0 Å². The minimum atomic E-state index is -0.544. The van der Waals surface area contributed by atoms with E-state index in [0.717, 1.165) is 20.6 Å². The molecule has 2 N–H and O–H groups in total. The number of ether oxygens (including phenoxy) is 2. The maximum Gasteiger partial charge on any atom is 0.340 e. The SMILES string of the molecule is CCOC(=O)C1=C(N)OC2=C(C(=O)CC(C)(C)C2)[C@@H]1c1cc(Br)c(CC)s1. The Labute approximate surface area is 171 Å². The molecular formula is C20H24BrNO4S. The van der Waals surface area contributed by atoms with Gasteiger partial charge in [-0.2, -0.15) is 0 Å². The Morgan fingerprint density at radius 1 is 1.41 bits per heavy atom. The fourth-order valence-electron chi connectivity index (χ4n) is 3.69. The second-order valence-electron chi connectivity index (χ2n) is 7.58. The maximum absolute atomic E-state index is 13.1. The van der Waals surface area contributed by atoms with Gasteiger partial charge in [0.1, 0.15) is 11.3 Å². The summed E-state index contributed by atoms with van der Waals surface area (Å²) in [5.74, 6) is -0.465. The van der Waals surface area contributed by atoms with E-state index in [1.165, 1.54) is 0 Å². The third-order valence-corrected chi connectivity index (χ3v) is 7.15. The highest BCUT2D eigenvalue weighted by atomic mass is 79.9. The summed E-state index contributed by atoms with van der Waals surface area (Å²) in [7, 11) is 0. The number of rotatable bonds is 4. The van der Waals surface area contributed by atoms with Crippen molar-refractivity contribution >= 4 is 39.0 Å². The number of carbonyl (C=O) groups excluding carboxylic acids is 2. The monoisotopic (exact) mass is 453 g/mol. The lowest BCUT2D eigenvalue weighted by Gasteiger charge is -2.37. The van der Waals surface area contributed by atoms with Crippen molar-refractivity contribution in [3.05, 3.63) is 43.1 Å². The summed E-state index contributed by atoms with van der Waals surface area (Å²) in [5.41, 5.74) is 6.73. The molecule has 0 saturated heterocycles. The summed E-state index contributed by atoms with van der Waals surface area (Å²) >= 11 is 5.16. The van der Waals surface area contributed by atoms with Gasteiger partial charge in [-0.1, -0.05) is 20.8 Å². The molecule has 1 atom stereocenters. The molecule has 0 spiro atoms. The molecule has 0 unspecified atom stereocenters. The molecule has 0 bridgehead atoms. The van der Waals surface area contributed by atoms with Crippen molar-refractivity contribution in [2.75, 3.05) is 6.61 Å². The van der Waals surface area contributed by atoms with Crippen LogP contribution in [0.1, 0.15) is 56.2 Å². The third-order valence-electron chi connectivity index (χ3n) is 4.83. The highest BCUT2D eigenvalue weighted by Crippen LogP contribution is 2.50. The lowest BCUT2D eigenvalue weighted by Crippen LogP contribution is -2.35. The predicted molar refractivity (Wildman–Crippen MR) is 108 cm³/mol. The summed E-state index contributed by atoms with van der Waals surface area (Å²) < 4.78 is 12.0. The number of halogens is 1. The van der Waals surface area contributed by atoms with E-state index in [9.17, 15) is 9.59 Å². The first-order valence-electron chi connectivity index (χ1n) is 9.07. The largest absolute Gasteiger partial charge is 0.462 e. The van der Waals surface area contributed by atoms with E-state index < -0.39 is 11.9 Å². The molecule has 1 aliphatic heterocycles. The molecule has 1 aromatic heterocycles. The Hall–Kier alpha value is -1.60. The Morgan fingerprint density at radius 2 is 2.11 bits per heavy atom. The number of hydrogen-bond acceptors (Lipinski definition) is 6. The number of hydrogen-bond donors (Lipinski definition) is 1. The molecule has 0 aromatic carbocycles. The quantitative estimate of drug-likeness (QED) is 0.675. The molecule has 1 aromatic rings. The first-order valence-corrected chi connectivity index (χ1v) is 10.7. The molecule has 0 radical (unpaired) electrons. The van der Waals surface area contributed by atoms with Crippen molar-refractivity contribution in [2.24, 2.45) is 11.1 Å². The van der Waals surface area contributed by atoms with Crippen LogP contribution in [0, 0.1) is 5.41 Å². The molecule has 0 amide bonds. The fourth-order valence-corrected chi connectivity index (χ4v) is 5.72. The van der Waals surface area contributed by atoms with Crippen LogP contribution in [0.25, 0.3) is 0 Å². The van der Waals surface area contributed by atoms with Gasteiger partial charge in [0.2, 0.25) is 5.88 Å². The van der Waals surface area contributed by atoms with E-state index in [2.05, 4.69) is 22.9 Å². The van der Waals surface area contributed by atoms with Crippen LogP contribution in [-0.4, -0.2) is 18.4 Å². The van der Waals surface area contributed by atoms with E-state index in [-0.39, 0.29) is 29.3 Å². The number of ketones is 1. The topological polar surface area (TPSA) is 78.6 Å². The van der Waals surface area contributed by atoms with Gasteiger partial charge in [-0.3, -0.25) is 4.79 Å². The minimum Gasteiger partial charge on any atom is -0.462 e. The molecule has 2 heterocycles. The Balaban J connectivity index is 2.18. The number of carbonyl (C=O) groups is 2. The molecule has 27 heavy (non-hydrogen) atoms. The zero-order valence-corrected chi connectivity index (χ0v) is 18.4. The first-order chi connectivity index (χ1) is 12.7. The number of allylic oxidation sites excluding steroid dienone is 2. The number of aryl methyl sites for hydroxylation is 1. The van der Waals surface area contributed by atoms with E-state index in [1.807, 2.05) is 19.9 Å². The molecule has 3 rings (SSSR count). The van der Waals surface area contributed by atoms with Gasteiger partial charge in [0, 0.05) is 32.6 Å². The second kappa shape index (κ2) is 7.43. The average molecular weight is 454 g/mol. The smallest absolute Gasteiger partial charge is 0.340 e. The minimum absolute atomic E-state index is 0.00289. The third kappa shape index (κ3) is 3.72. The Kier molecular flexibility index (Phi) is 5.54. The normalized spacial score (nSPS) is 21.8. The van der Waals surface area contributed by atoms with Crippen LogP contribution in [0.4, 0.5) is 0 Å². The van der Waals surface area contributed by atoms with Gasteiger partial charge in [-0.25, -0.2) is 4.79 Å². The lowest BCUT2D eigenvalue weighted by molar-refractivity contribution is -0.139. The fraction of sp³-hybridized carbons (Fsp3) is 0.500. The highest BCUT2D eigenvalue weighted by molar-refractivity contribution is 9.10. The number of thiophene rings is 1. The molecule has 146 valence electrons. The van der Waals surface area contributed by atoms with Crippen LogP contribution in [0.2, 0.25) is 0 Å². The lowest BCUT2D eigenvalue weighted by atomic mass is 9.71. The highest BCUT2D eigenvalue weighted by Gasteiger charge is 2.45. The van der Waals surface area contributed by atoms with Crippen LogP contribution in [-0.2, 0) is 25.5 Å².